The van der Waals surface area contributed by atoms with Gasteiger partial charge in [0.05, 0.1) is 19.8 Å². The minimum Gasteiger partial charge on any atom is -0.467 e. The Morgan fingerprint density at radius 2 is 1.88 bits per heavy atom. The molecule has 0 aliphatic rings. The van der Waals surface area contributed by atoms with Gasteiger partial charge in [-0.15, -0.1) is 0 Å². The Kier molecular flexibility index (Phi) is 5.41. The largest absolute Gasteiger partial charge is 0.467 e. The van der Waals surface area contributed by atoms with Crippen molar-refractivity contribution in [3.05, 3.63) is 0 Å². The zero-order valence-electron chi connectivity index (χ0n) is 10.6. The van der Waals surface area contributed by atoms with Crippen LogP contribution in [0.1, 0.15) is 13.3 Å². The summed E-state index contributed by atoms with van der Waals surface area (Å²) in [7, 11) is 4.92. The zero-order chi connectivity index (χ0) is 12.7. The van der Waals surface area contributed by atoms with Gasteiger partial charge in [0.25, 0.3) is 0 Å². The molecule has 0 aliphatic carbocycles. The minimum absolute atomic E-state index is 0.164. The van der Waals surface area contributed by atoms with E-state index in [0.717, 1.165) is 6.42 Å². The summed E-state index contributed by atoms with van der Waals surface area (Å²) in [5.41, 5.74) is 0. The Hall–Kier alpha value is -1.63. The Morgan fingerprint density at radius 1 is 1.18 bits per heavy atom. The summed E-state index contributed by atoms with van der Waals surface area (Å²) in [5.74, 6) is 0.941. The van der Waals surface area contributed by atoms with E-state index < -0.39 is 0 Å². The van der Waals surface area contributed by atoms with Gasteiger partial charge in [0.1, 0.15) is 0 Å². The average Bonchev–Trinajstić information content (AvgIpc) is 2.37. The smallest absolute Gasteiger partial charge is 0.322 e. The highest BCUT2D eigenvalue weighted by atomic mass is 16.5. The van der Waals surface area contributed by atoms with Crippen molar-refractivity contribution in [3.8, 4) is 6.01 Å². The third-order valence-corrected chi connectivity index (χ3v) is 2.21. The van der Waals surface area contributed by atoms with Gasteiger partial charge in [0, 0.05) is 14.2 Å². The number of ether oxygens (including phenoxy) is 2. The Bertz CT molecular complexity index is 325. The maximum atomic E-state index is 5.10. The first-order chi connectivity index (χ1) is 8.23. The van der Waals surface area contributed by atoms with E-state index in [-0.39, 0.29) is 12.1 Å². The van der Waals surface area contributed by atoms with Crippen molar-refractivity contribution in [2.24, 2.45) is 0 Å². The molecule has 0 saturated carbocycles. The van der Waals surface area contributed by atoms with Crippen molar-refractivity contribution in [2.45, 2.75) is 19.4 Å². The number of anilines is 2. The van der Waals surface area contributed by atoms with Crippen LogP contribution in [0.4, 0.5) is 11.9 Å². The molecule has 0 bridgehead atoms. The van der Waals surface area contributed by atoms with Crippen LogP contribution in [0.5, 0.6) is 6.01 Å². The molecule has 17 heavy (non-hydrogen) atoms. The van der Waals surface area contributed by atoms with E-state index in [1.54, 1.807) is 14.2 Å². The van der Waals surface area contributed by atoms with Gasteiger partial charge in [-0.3, -0.25) is 0 Å². The molecule has 7 nitrogen and oxygen atoms in total. The predicted molar refractivity (Wildman–Crippen MR) is 65.5 cm³/mol. The third-order valence-electron chi connectivity index (χ3n) is 2.21. The highest BCUT2D eigenvalue weighted by molar-refractivity contribution is 5.36. The number of nitrogens with zero attached hydrogens (tertiary/aromatic N) is 3. The highest BCUT2D eigenvalue weighted by Crippen LogP contribution is 2.11. The van der Waals surface area contributed by atoms with E-state index in [0.29, 0.717) is 18.5 Å². The van der Waals surface area contributed by atoms with Crippen LogP contribution in [0.25, 0.3) is 0 Å². The lowest BCUT2D eigenvalue weighted by Gasteiger charge is -2.16. The molecule has 1 atom stereocenters. The molecule has 96 valence electrons. The normalized spacial score (nSPS) is 12.0. The number of aromatic nitrogens is 3. The molecule has 0 radical (unpaired) electrons. The predicted octanol–water partition coefficient (Wildman–Crippen LogP) is 0.759. The van der Waals surface area contributed by atoms with Crippen molar-refractivity contribution in [1.29, 1.82) is 0 Å². The fourth-order valence-corrected chi connectivity index (χ4v) is 1.27. The molecule has 1 aromatic heterocycles. The first kappa shape index (κ1) is 13.4. The quantitative estimate of drug-likeness (QED) is 0.729. The molecule has 0 amide bonds. The average molecular weight is 241 g/mol. The van der Waals surface area contributed by atoms with Crippen molar-refractivity contribution in [3.63, 3.8) is 0 Å². The van der Waals surface area contributed by atoms with E-state index in [9.17, 15) is 0 Å². The number of hydrogen-bond acceptors (Lipinski definition) is 7. The van der Waals surface area contributed by atoms with Gasteiger partial charge in [0.15, 0.2) is 0 Å². The second kappa shape index (κ2) is 6.85. The van der Waals surface area contributed by atoms with E-state index in [2.05, 4.69) is 32.5 Å². The Labute approximate surface area is 101 Å². The minimum atomic E-state index is 0.164. The van der Waals surface area contributed by atoms with Crippen molar-refractivity contribution < 1.29 is 9.47 Å². The molecule has 0 aromatic carbocycles. The van der Waals surface area contributed by atoms with Crippen LogP contribution < -0.4 is 15.4 Å². The van der Waals surface area contributed by atoms with Crippen LogP contribution in [0, 0.1) is 0 Å². The molecular formula is C10H19N5O2. The first-order valence-corrected chi connectivity index (χ1v) is 5.46. The number of nitrogens with one attached hydrogen (secondary N) is 2. The fraction of sp³-hybridized carbons (Fsp3) is 0.700. The standard InChI is InChI=1S/C10H19N5O2/c1-5-7(6-16-3)12-9-13-8(11-2)14-10(15-9)17-4/h7H,5-6H2,1-4H3,(H2,11,12,13,14,15). The van der Waals surface area contributed by atoms with E-state index in [1.807, 2.05) is 0 Å². The highest BCUT2D eigenvalue weighted by Gasteiger charge is 2.10. The van der Waals surface area contributed by atoms with Crippen LogP contribution in [0.2, 0.25) is 0 Å². The van der Waals surface area contributed by atoms with Crippen molar-refractivity contribution in [1.82, 2.24) is 15.0 Å². The summed E-state index contributed by atoms with van der Waals surface area (Å²) in [6, 6.07) is 0.441. The van der Waals surface area contributed by atoms with Crippen LogP contribution >= 0.6 is 0 Å². The summed E-state index contributed by atoms with van der Waals surface area (Å²) in [6.45, 7) is 2.66. The van der Waals surface area contributed by atoms with Crippen LogP contribution in [-0.4, -0.2) is 48.9 Å². The van der Waals surface area contributed by atoms with Gasteiger partial charge < -0.3 is 20.1 Å². The molecule has 7 heteroatoms. The molecule has 2 N–H and O–H groups in total. The summed E-state index contributed by atoms with van der Waals surface area (Å²) in [5, 5.41) is 6.02. The number of methoxy groups -OCH3 is 2. The van der Waals surface area contributed by atoms with Crippen molar-refractivity contribution in [2.75, 3.05) is 38.5 Å². The van der Waals surface area contributed by atoms with Crippen LogP contribution in [-0.2, 0) is 4.74 Å². The maximum Gasteiger partial charge on any atom is 0.322 e. The van der Waals surface area contributed by atoms with Crippen LogP contribution in [0.15, 0.2) is 0 Å². The summed E-state index contributed by atoms with van der Waals surface area (Å²) in [6.07, 6.45) is 0.913. The van der Waals surface area contributed by atoms with Gasteiger partial charge in [0.2, 0.25) is 11.9 Å². The summed E-state index contributed by atoms with van der Waals surface area (Å²) < 4.78 is 10.1. The first-order valence-electron chi connectivity index (χ1n) is 5.46. The molecule has 1 heterocycles. The molecule has 0 fully saturated rings. The number of hydrogen-bond donors (Lipinski definition) is 2. The van der Waals surface area contributed by atoms with Gasteiger partial charge in [-0.05, 0) is 6.42 Å². The SMILES string of the molecule is CCC(COC)Nc1nc(NC)nc(OC)n1. The lowest BCUT2D eigenvalue weighted by molar-refractivity contribution is 0.184. The van der Waals surface area contributed by atoms with E-state index >= 15 is 0 Å². The molecule has 1 unspecified atom stereocenters. The van der Waals surface area contributed by atoms with Crippen LogP contribution in [0.3, 0.4) is 0 Å². The maximum absolute atomic E-state index is 5.10. The molecular weight excluding hydrogens is 222 g/mol. The summed E-state index contributed by atoms with van der Waals surface area (Å²) >= 11 is 0. The van der Waals surface area contributed by atoms with Gasteiger partial charge in [-0.25, -0.2) is 0 Å². The summed E-state index contributed by atoms with van der Waals surface area (Å²) in [4.78, 5) is 12.3. The van der Waals surface area contributed by atoms with Gasteiger partial charge in [-0.2, -0.15) is 15.0 Å². The van der Waals surface area contributed by atoms with Crippen molar-refractivity contribution >= 4 is 11.9 Å². The molecule has 0 aliphatic heterocycles. The van der Waals surface area contributed by atoms with Gasteiger partial charge >= 0.3 is 6.01 Å². The fourth-order valence-electron chi connectivity index (χ4n) is 1.27. The topological polar surface area (TPSA) is 81.2 Å². The second-order valence-corrected chi connectivity index (χ2v) is 3.42. The lowest BCUT2D eigenvalue weighted by atomic mass is 10.2. The monoisotopic (exact) mass is 241 g/mol. The van der Waals surface area contributed by atoms with E-state index in [1.165, 1.54) is 7.11 Å². The molecule has 1 aromatic rings. The molecule has 0 spiro atoms. The second-order valence-electron chi connectivity index (χ2n) is 3.42. The lowest BCUT2D eigenvalue weighted by Crippen LogP contribution is -2.25. The van der Waals surface area contributed by atoms with Gasteiger partial charge in [-0.1, -0.05) is 6.92 Å². The molecule has 0 saturated heterocycles. The zero-order valence-corrected chi connectivity index (χ0v) is 10.6. The Balaban J connectivity index is 2.81. The molecule has 1 rings (SSSR count). The third kappa shape index (κ3) is 4.03. The Morgan fingerprint density at radius 3 is 2.41 bits per heavy atom. The number of rotatable bonds is 7. The van der Waals surface area contributed by atoms with E-state index in [4.69, 9.17) is 9.47 Å².